The summed E-state index contributed by atoms with van der Waals surface area (Å²) in [7, 11) is 2.14. The largest absolute Gasteiger partial charge is 0.370 e. The molecule has 0 bridgehead atoms. The van der Waals surface area contributed by atoms with Gasteiger partial charge in [0.25, 0.3) is 0 Å². The molecule has 7 heteroatoms. The van der Waals surface area contributed by atoms with Gasteiger partial charge in [0.2, 0.25) is 11.9 Å². The zero-order valence-corrected chi connectivity index (χ0v) is 17.6. The number of hydrogen-bond donors (Lipinski definition) is 3. The van der Waals surface area contributed by atoms with Crippen molar-refractivity contribution in [1.82, 2.24) is 14.9 Å². The smallest absolute Gasteiger partial charge is 0.229 e. The first-order chi connectivity index (χ1) is 13.9. The average Bonchev–Trinajstić information content (AvgIpc) is 3.46. The summed E-state index contributed by atoms with van der Waals surface area (Å²) >= 11 is 0. The second-order valence-electron chi connectivity index (χ2n) is 8.33. The molecule has 1 heterocycles. The quantitative estimate of drug-likeness (QED) is 0.538. The van der Waals surface area contributed by atoms with Crippen LogP contribution in [0.2, 0.25) is 0 Å². The number of primary amides is 1. The molecule has 1 aliphatic rings. The van der Waals surface area contributed by atoms with Crippen molar-refractivity contribution >= 4 is 23.4 Å². The Morgan fingerprint density at radius 1 is 1.34 bits per heavy atom. The Morgan fingerprint density at radius 3 is 2.83 bits per heavy atom. The van der Waals surface area contributed by atoms with Crippen molar-refractivity contribution in [2.75, 3.05) is 30.8 Å². The minimum absolute atomic E-state index is 0.281. The van der Waals surface area contributed by atoms with Gasteiger partial charge in [0.05, 0.1) is 0 Å². The van der Waals surface area contributed by atoms with E-state index in [1.54, 1.807) is 0 Å². The van der Waals surface area contributed by atoms with Crippen LogP contribution in [0.1, 0.15) is 50.2 Å². The van der Waals surface area contributed by atoms with Crippen LogP contribution >= 0.6 is 0 Å². The molecule has 1 saturated carbocycles. The van der Waals surface area contributed by atoms with Crippen LogP contribution in [-0.2, 0) is 11.3 Å². The van der Waals surface area contributed by atoms with Gasteiger partial charge in [-0.2, -0.15) is 4.98 Å². The molecule has 0 aliphatic heterocycles. The lowest BCUT2D eigenvalue weighted by molar-refractivity contribution is -0.117. The van der Waals surface area contributed by atoms with Crippen molar-refractivity contribution in [3.8, 4) is 0 Å². The molecule has 156 valence electrons. The van der Waals surface area contributed by atoms with E-state index in [4.69, 9.17) is 5.73 Å². The van der Waals surface area contributed by atoms with Gasteiger partial charge in [0.15, 0.2) is 0 Å². The molecule has 29 heavy (non-hydrogen) atoms. The molecule has 4 N–H and O–H groups in total. The van der Waals surface area contributed by atoms with Crippen molar-refractivity contribution in [2.45, 2.75) is 45.6 Å². The minimum Gasteiger partial charge on any atom is -0.370 e. The summed E-state index contributed by atoms with van der Waals surface area (Å²) in [4.78, 5) is 22.5. The monoisotopic (exact) mass is 396 g/mol. The summed E-state index contributed by atoms with van der Waals surface area (Å²) in [5.74, 6) is 2.17. The number of carbonyl (C=O) groups is 1. The van der Waals surface area contributed by atoms with Gasteiger partial charge < -0.3 is 21.3 Å². The highest BCUT2D eigenvalue weighted by Crippen LogP contribution is 2.42. The molecular weight excluding hydrogens is 364 g/mol. The summed E-state index contributed by atoms with van der Waals surface area (Å²) in [5, 5.41) is 6.56. The number of benzene rings is 1. The van der Waals surface area contributed by atoms with E-state index in [0.717, 1.165) is 43.0 Å². The summed E-state index contributed by atoms with van der Waals surface area (Å²) in [6, 6.07) is 8.33. The number of hydrogen-bond acceptors (Lipinski definition) is 6. The molecule has 7 nitrogen and oxygen atoms in total. The number of anilines is 3. The van der Waals surface area contributed by atoms with Crippen molar-refractivity contribution in [3.05, 3.63) is 41.6 Å². The van der Waals surface area contributed by atoms with Crippen molar-refractivity contribution in [2.24, 2.45) is 11.7 Å². The average molecular weight is 397 g/mol. The fourth-order valence-corrected chi connectivity index (χ4v) is 3.47. The number of carbonyl (C=O) groups excluding carboxylic acids is 1. The first kappa shape index (κ1) is 21.0. The maximum atomic E-state index is 11.0. The zero-order valence-electron chi connectivity index (χ0n) is 17.6. The minimum atomic E-state index is -0.322. The first-order valence-corrected chi connectivity index (χ1v) is 10.3. The van der Waals surface area contributed by atoms with E-state index < -0.39 is 0 Å². The van der Waals surface area contributed by atoms with E-state index in [-0.39, 0.29) is 12.3 Å². The van der Waals surface area contributed by atoms with E-state index in [1.807, 2.05) is 18.3 Å². The third-order valence-corrected chi connectivity index (χ3v) is 4.81. The van der Waals surface area contributed by atoms with Gasteiger partial charge in [-0.3, -0.25) is 4.79 Å². The highest BCUT2D eigenvalue weighted by molar-refractivity contribution is 5.74. The molecule has 1 aromatic heterocycles. The number of nitrogens with zero attached hydrogens (tertiary/aromatic N) is 3. The van der Waals surface area contributed by atoms with Crippen LogP contribution < -0.4 is 16.4 Å². The molecule has 0 radical (unpaired) electrons. The Morgan fingerprint density at radius 2 is 2.14 bits per heavy atom. The van der Waals surface area contributed by atoms with Gasteiger partial charge in [-0.15, -0.1) is 0 Å². The summed E-state index contributed by atoms with van der Waals surface area (Å²) in [6.07, 6.45) is 4.49. The van der Waals surface area contributed by atoms with Crippen molar-refractivity contribution in [1.29, 1.82) is 0 Å². The molecule has 1 aliphatic carbocycles. The second-order valence-corrected chi connectivity index (χ2v) is 8.33. The van der Waals surface area contributed by atoms with E-state index >= 15 is 0 Å². The van der Waals surface area contributed by atoms with Crippen LogP contribution in [0.15, 0.2) is 30.5 Å². The van der Waals surface area contributed by atoms with Crippen LogP contribution in [0, 0.1) is 5.92 Å². The van der Waals surface area contributed by atoms with Crippen molar-refractivity contribution in [3.63, 3.8) is 0 Å². The molecule has 1 amide bonds. The van der Waals surface area contributed by atoms with E-state index in [2.05, 4.69) is 58.5 Å². The lowest BCUT2D eigenvalue weighted by Gasteiger charge is -2.19. The number of rotatable bonds is 11. The molecule has 0 spiro atoms. The third-order valence-electron chi connectivity index (χ3n) is 4.81. The van der Waals surface area contributed by atoms with Crippen LogP contribution in [0.5, 0.6) is 0 Å². The van der Waals surface area contributed by atoms with Crippen molar-refractivity contribution < 1.29 is 4.79 Å². The summed E-state index contributed by atoms with van der Waals surface area (Å²) in [6.45, 7) is 6.89. The maximum Gasteiger partial charge on any atom is 0.229 e. The predicted molar refractivity (Wildman–Crippen MR) is 117 cm³/mol. The lowest BCUT2D eigenvalue weighted by Crippen LogP contribution is -2.22. The van der Waals surface area contributed by atoms with Crippen LogP contribution in [-0.4, -0.2) is 40.9 Å². The first-order valence-electron chi connectivity index (χ1n) is 10.3. The highest BCUT2D eigenvalue weighted by Gasteiger charge is 2.27. The second kappa shape index (κ2) is 9.69. The van der Waals surface area contributed by atoms with Crippen LogP contribution in [0.25, 0.3) is 0 Å². The molecule has 1 fully saturated rings. The topological polar surface area (TPSA) is 96.2 Å². The van der Waals surface area contributed by atoms with Gasteiger partial charge in [-0.05, 0) is 49.4 Å². The number of nitrogens with one attached hydrogen (secondary N) is 2. The van der Waals surface area contributed by atoms with Gasteiger partial charge in [-0.1, -0.05) is 26.0 Å². The van der Waals surface area contributed by atoms with Gasteiger partial charge >= 0.3 is 0 Å². The summed E-state index contributed by atoms with van der Waals surface area (Å²) in [5.41, 5.74) is 8.57. The zero-order chi connectivity index (χ0) is 20.8. The molecule has 0 saturated heterocycles. The van der Waals surface area contributed by atoms with Crippen LogP contribution in [0.3, 0.4) is 0 Å². The number of nitrogens with two attached hydrogens (primary N) is 1. The molecule has 0 atom stereocenters. The molecule has 1 aromatic carbocycles. The SMILES string of the molecule is CC(C)CN(C)Cc1cccc(Nc2ncc(C3CC3)c(NCCC(N)=O)n2)c1. The van der Waals surface area contributed by atoms with E-state index in [9.17, 15) is 4.79 Å². The normalized spacial score (nSPS) is 13.7. The predicted octanol–water partition coefficient (Wildman–Crippen LogP) is 3.47. The Hall–Kier alpha value is -2.67. The maximum absolute atomic E-state index is 11.0. The van der Waals surface area contributed by atoms with Gasteiger partial charge in [0, 0.05) is 43.5 Å². The standard InChI is InChI=1S/C22H32N6O/c1-15(2)13-28(3)14-16-5-4-6-18(11-16)26-22-25-12-19(17-7-8-17)21(27-22)24-10-9-20(23)29/h4-6,11-12,15,17H,7-10,13-14H2,1-3H3,(H2,23,29)(H2,24,25,26,27). The summed E-state index contributed by atoms with van der Waals surface area (Å²) < 4.78 is 0. The number of aromatic nitrogens is 2. The number of amides is 1. The third kappa shape index (κ3) is 6.71. The molecule has 2 aromatic rings. The Kier molecular flexibility index (Phi) is 7.04. The Labute approximate surface area is 173 Å². The molecule has 0 unspecified atom stereocenters. The Bertz CT molecular complexity index is 834. The Balaban J connectivity index is 1.69. The van der Waals surface area contributed by atoms with E-state index in [0.29, 0.717) is 24.3 Å². The lowest BCUT2D eigenvalue weighted by atomic mass is 10.1. The molecule has 3 rings (SSSR count). The van der Waals surface area contributed by atoms with E-state index in [1.165, 1.54) is 5.56 Å². The van der Waals surface area contributed by atoms with Gasteiger partial charge in [-0.25, -0.2) is 4.98 Å². The highest BCUT2D eigenvalue weighted by atomic mass is 16.1. The fourth-order valence-electron chi connectivity index (χ4n) is 3.47. The fraction of sp³-hybridized carbons (Fsp3) is 0.500. The molecular formula is C22H32N6O. The van der Waals surface area contributed by atoms with Gasteiger partial charge in [0.1, 0.15) is 5.82 Å². The van der Waals surface area contributed by atoms with Crippen LogP contribution in [0.4, 0.5) is 17.5 Å².